The van der Waals surface area contributed by atoms with Crippen LogP contribution in [0.4, 0.5) is 0 Å². The fourth-order valence-corrected chi connectivity index (χ4v) is 3.60. The lowest BCUT2D eigenvalue weighted by Crippen LogP contribution is -2.43. The SMILES string of the molecule is NCC1(C(=O)NC2CCS(=O)(=O)C2)CC1. The predicted molar refractivity (Wildman–Crippen MR) is 55.9 cm³/mol. The van der Waals surface area contributed by atoms with Gasteiger partial charge in [-0.15, -0.1) is 0 Å². The van der Waals surface area contributed by atoms with Crippen LogP contribution in [0.5, 0.6) is 0 Å². The van der Waals surface area contributed by atoms with Crippen LogP contribution in [0.15, 0.2) is 0 Å². The first kappa shape index (κ1) is 10.9. The van der Waals surface area contributed by atoms with E-state index in [0.717, 1.165) is 12.8 Å². The molecule has 0 aromatic rings. The van der Waals surface area contributed by atoms with Crippen LogP contribution < -0.4 is 11.1 Å². The van der Waals surface area contributed by atoms with E-state index >= 15 is 0 Å². The van der Waals surface area contributed by atoms with Crippen LogP contribution in [0.2, 0.25) is 0 Å². The van der Waals surface area contributed by atoms with Gasteiger partial charge in [-0.05, 0) is 19.3 Å². The van der Waals surface area contributed by atoms with Gasteiger partial charge in [-0.25, -0.2) is 8.42 Å². The molecule has 1 aliphatic carbocycles. The summed E-state index contributed by atoms with van der Waals surface area (Å²) in [6.45, 7) is 0.359. The van der Waals surface area contributed by atoms with Gasteiger partial charge in [-0.3, -0.25) is 4.79 Å². The molecule has 3 N–H and O–H groups in total. The van der Waals surface area contributed by atoms with Crippen LogP contribution >= 0.6 is 0 Å². The highest BCUT2D eigenvalue weighted by Crippen LogP contribution is 2.44. The first-order chi connectivity index (χ1) is 6.97. The first-order valence-corrected chi connectivity index (χ1v) is 7.01. The van der Waals surface area contributed by atoms with E-state index in [9.17, 15) is 13.2 Å². The minimum atomic E-state index is -2.92. The first-order valence-electron chi connectivity index (χ1n) is 5.19. The summed E-state index contributed by atoms with van der Waals surface area (Å²) in [5, 5.41) is 2.79. The molecule has 1 amide bonds. The van der Waals surface area contributed by atoms with Gasteiger partial charge in [0.25, 0.3) is 0 Å². The molecule has 2 aliphatic rings. The maximum absolute atomic E-state index is 11.7. The number of sulfone groups is 1. The van der Waals surface area contributed by atoms with Crippen molar-refractivity contribution in [2.45, 2.75) is 25.3 Å². The van der Waals surface area contributed by atoms with Gasteiger partial charge in [0.15, 0.2) is 9.84 Å². The van der Waals surface area contributed by atoms with Crippen molar-refractivity contribution in [2.24, 2.45) is 11.1 Å². The Labute approximate surface area is 89.3 Å². The quantitative estimate of drug-likeness (QED) is 0.655. The van der Waals surface area contributed by atoms with Crippen molar-refractivity contribution in [1.29, 1.82) is 0 Å². The number of nitrogens with two attached hydrogens (primary N) is 1. The topological polar surface area (TPSA) is 89.3 Å². The third-order valence-electron chi connectivity index (χ3n) is 3.29. The Morgan fingerprint density at radius 3 is 2.53 bits per heavy atom. The molecule has 15 heavy (non-hydrogen) atoms. The zero-order chi connectivity index (χ0) is 11.1. The Hall–Kier alpha value is -0.620. The molecule has 1 saturated heterocycles. The van der Waals surface area contributed by atoms with E-state index in [2.05, 4.69) is 5.32 Å². The van der Waals surface area contributed by atoms with Crippen molar-refractivity contribution in [3.8, 4) is 0 Å². The van der Waals surface area contributed by atoms with E-state index in [1.807, 2.05) is 0 Å². The number of rotatable bonds is 3. The number of hydrogen-bond acceptors (Lipinski definition) is 4. The van der Waals surface area contributed by atoms with Gasteiger partial charge in [0.2, 0.25) is 5.91 Å². The molecule has 0 bridgehead atoms. The lowest BCUT2D eigenvalue weighted by Gasteiger charge is -2.16. The molecular weight excluding hydrogens is 216 g/mol. The summed E-state index contributed by atoms with van der Waals surface area (Å²) >= 11 is 0. The summed E-state index contributed by atoms with van der Waals surface area (Å²) in [6.07, 6.45) is 2.19. The van der Waals surface area contributed by atoms with Crippen LogP contribution in [0.3, 0.4) is 0 Å². The fraction of sp³-hybridized carbons (Fsp3) is 0.889. The van der Waals surface area contributed by atoms with Crippen molar-refractivity contribution in [1.82, 2.24) is 5.32 Å². The van der Waals surface area contributed by atoms with Gasteiger partial charge >= 0.3 is 0 Å². The largest absolute Gasteiger partial charge is 0.352 e. The van der Waals surface area contributed by atoms with Gasteiger partial charge < -0.3 is 11.1 Å². The summed E-state index contributed by atoms with van der Waals surface area (Å²) in [5.74, 6) is 0.208. The number of carbonyl (C=O) groups is 1. The minimum Gasteiger partial charge on any atom is -0.352 e. The summed E-state index contributed by atoms with van der Waals surface area (Å²) in [4.78, 5) is 11.7. The van der Waals surface area contributed by atoms with E-state index < -0.39 is 9.84 Å². The highest BCUT2D eigenvalue weighted by atomic mass is 32.2. The Bertz CT molecular complexity index is 373. The zero-order valence-corrected chi connectivity index (χ0v) is 9.35. The number of hydrogen-bond donors (Lipinski definition) is 2. The lowest BCUT2D eigenvalue weighted by atomic mass is 10.1. The molecule has 2 rings (SSSR count). The molecule has 2 fully saturated rings. The molecule has 1 aliphatic heterocycles. The van der Waals surface area contributed by atoms with Crippen LogP contribution in [0.25, 0.3) is 0 Å². The van der Waals surface area contributed by atoms with Gasteiger partial charge in [0.05, 0.1) is 16.9 Å². The standard InChI is InChI=1S/C9H16N2O3S/c10-6-9(2-3-9)8(12)11-7-1-4-15(13,14)5-7/h7H,1-6,10H2,(H,11,12). The van der Waals surface area contributed by atoms with E-state index in [-0.39, 0.29) is 28.9 Å². The molecule has 1 unspecified atom stereocenters. The van der Waals surface area contributed by atoms with Crippen molar-refractivity contribution in [3.63, 3.8) is 0 Å². The number of carbonyl (C=O) groups excluding carboxylic acids is 1. The second-order valence-electron chi connectivity index (χ2n) is 4.56. The van der Waals surface area contributed by atoms with Crippen molar-refractivity contribution >= 4 is 15.7 Å². The summed E-state index contributed by atoms with van der Waals surface area (Å²) < 4.78 is 22.4. The molecule has 86 valence electrons. The summed E-state index contributed by atoms with van der Waals surface area (Å²) in [7, 11) is -2.92. The van der Waals surface area contributed by atoms with Gasteiger partial charge in [0, 0.05) is 12.6 Å². The molecule has 0 radical (unpaired) electrons. The molecule has 1 atom stereocenters. The van der Waals surface area contributed by atoms with E-state index in [1.54, 1.807) is 0 Å². The minimum absolute atomic E-state index is 0.0629. The molecule has 0 spiro atoms. The summed E-state index contributed by atoms with van der Waals surface area (Å²) in [5.41, 5.74) is 5.14. The maximum atomic E-state index is 11.7. The summed E-state index contributed by atoms with van der Waals surface area (Å²) in [6, 6.07) is -0.202. The van der Waals surface area contributed by atoms with Crippen molar-refractivity contribution in [2.75, 3.05) is 18.1 Å². The highest BCUT2D eigenvalue weighted by Gasteiger charge is 2.49. The fourth-order valence-electron chi connectivity index (χ4n) is 1.92. The highest BCUT2D eigenvalue weighted by molar-refractivity contribution is 7.91. The van der Waals surface area contributed by atoms with E-state index in [4.69, 9.17) is 5.73 Å². The second-order valence-corrected chi connectivity index (χ2v) is 6.79. The monoisotopic (exact) mass is 232 g/mol. The van der Waals surface area contributed by atoms with Gasteiger partial charge in [-0.2, -0.15) is 0 Å². The normalized spacial score (nSPS) is 31.1. The Kier molecular flexibility index (Phi) is 2.50. The third-order valence-corrected chi connectivity index (χ3v) is 5.06. The molecule has 0 aromatic carbocycles. The van der Waals surface area contributed by atoms with Crippen LogP contribution in [-0.4, -0.2) is 38.4 Å². The smallest absolute Gasteiger partial charge is 0.227 e. The lowest BCUT2D eigenvalue weighted by molar-refractivity contribution is -0.126. The molecule has 1 saturated carbocycles. The maximum Gasteiger partial charge on any atom is 0.227 e. The molecule has 0 aromatic heterocycles. The Morgan fingerprint density at radius 2 is 2.13 bits per heavy atom. The van der Waals surface area contributed by atoms with Crippen LogP contribution in [-0.2, 0) is 14.6 Å². The van der Waals surface area contributed by atoms with E-state index in [0.29, 0.717) is 13.0 Å². The number of amides is 1. The van der Waals surface area contributed by atoms with Crippen LogP contribution in [0.1, 0.15) is 19.3 Å². The van der Waals surface area contributed by atoms with Crippen molar-refractivity contribution < 1.29 is 13.2 Å². The molecule has 6 heteroatoms. The molecule has 1 heterocycles. The Balaban J connectivity index is 1.91. The van der Waals surface area contributed by atoms with Crippen molar-refractivity contribution in [3.05, 3.63) is 0 Å². The zero-order valence-electron chi connectivity index (χ0n) is 8.53. The van der Waals surface area contributed by atoms with Gasteiger partial charge in [0.1, 0.15) is 0 Å². The van der Waals surface area contributed by atoms with Gasteiger partial charge in [-0.1, -0.05) is 0 Å². The third kappa shape index (κ3) is 2.15. The van der Waals surface area contributed by atoms with Crippen LogP contribution in [0, 0.1) is 5.41 Å². The average Bonchev–Trinajstić information content (AvgIpc) is 2.88. The average molecular weight is 232 g/mol. The Morgan fingerprint density at radius 1 is 1.47 bits per heavy atom. The van der Waals surface area contributed by atoms with E-state index in [1.165, 1.54) is 0 Å². The second kappa shape index (κ2) is 3.45. The number of nitrogens with one attached hydrogen (secondary N) is 1. The predicted octanol–water partition coefficient (Wildman–Crippen LogP) is -0.971. The molecular formula is C9H16N2O3S. The molecule has 5 nitrogen and oxygen atoms in total.